The van der Waals surface area contributed by atoms with Gasteiger partial charge in [-0.2, -0.15) is 0 Å². The van der Waals surface area contributed by atoms with Crippen molar-refractivity contribution < 1.29 is 4.74 Å². The predicted octanol–water partition coefficient (Wildman–Crippen LogP) is 4.19. The lowest BCUT2D eigenvalue weighted by Gasteiger charge is -2.10. The number of ether oxygens (including phenoxy) is 1. The van der Waals surface area contributed by atoms with Crippen molar-refractivity contribution in [1.29, 1.82) is 0 Å². The molecule has 102 valence electrons. The molecule has 0 atom stereocenters. The summed E-state index contributed by atoms with van der Waals surface area (Å²) in [6.45, 7) is 6.39. The lowest BCUT2D eigenvalue weighted by atomic mass is 10.1. The molecule has 0 saturated carbocycles. The average Bonchev–Trinajstić information content (AvgIpc) is 2.88. The number of hydrogen-bond donors (Lipinski definition) is 1. The Morgan fingerprint density at radius 1 is 1.26 bits per heavy atom. The molecule has 0 aliphatic carbocycles. The maximum absolute atomic E-state index is 6.12. The lowest BCUT2D eigenvalue weighted by Crippen LogP contribution is -2.20. The summed E-state index contributed by atoms with van der Waals surface area (Å²) in [5, 5.41) is 6.27. The number of benzene rings is 1. The monoisotopic (exact) mass is 295 g/mol. The molecule has 2 aromatic rings. The molecule has 19 heavy (non-hydrogen) atoms. The molecule has 0 aliphatic rings. The van der Waals surface area contributed by atoms with Gasteiger partial charge in [-0.05, 0) is 48.6 Å². The summed E-state index contributed by atoms with van der Waals surface area (Å²) in [7, 11) is 0. The Morgan fingerprint density at radius 2 is 2.00 bits per heavy atom. The van der Waals surface area contributed by atoms with Crippen molar-refractivity contribution in [3.8, 4) is 5.75 Å². The van der Waals surface area contributed by atoms with Gasteiger partial charge in [0.2, 0.25) is 0 Å². The third-order valence-corrected chi connectivity index (χ3v) is 4.31. The molecule has 1 heterocycles. The van der Waals surface area contributed by atoms with E-state index >= 15 is 0 Å². The van der Waals surface area contributed by atoms with Gasteiger partial charge in [0.05, 0.1) is 0 Å². The predicted molar refractivity (Wildman–Crippen MR) is 82.4 cm³/mol. The van der Waals surface area contributed by atoms with Gasteiger partial charge in [0.1, 0.15) is 12.4 Å². The molecule has 2 nitrogen and oxygen atoms in total. The summed E-state index contributed by atoms with van der Waals surface area (Å²) in [4.78, 5) is 1.35. The van der Waals surface area contributed by atoms with Crippen molar-refractivity contribution in [2.75, 3.05) is 13.2 Å². The van der Waals surface area contributed by atoms with Crippen molar-refractivity contribution >= 4 is 22.9 Å². The third-order valence-electron chi connectivity index (χ3n) is 2.84. The Hall–Kier alpha value is -1.03. The van der Waals surface area contributed by atoms with Gasteiger partial charge in [-0.3, -0.25) is 0 Å². The Morgan fingerprint density at radius 3 is 2.63 bits per heavy atom. The molecule has 1 aromatic carbocycles. The van der Waals surface area contributed by atoms with Crippen LogP contribution in [0, 0.1) is 13.8 Å². The molecule has 0 unspecified atom stereocenters. The second kappa shape index (κ2) is 6.94. The minimum Gasteiger partial charge on any atom is -0.492 e. The molecule has 0 fully saturated rings. The van der Waals surface area contributed by atoms with Crippen molar-refractivity contribution in [3.63, 3.8) is 0 Å². The number of rotatable bonds is 6. The first-order valence-corrected chi connectivity index (χ1v) is 7.55. The highest BCUT2D eigenvalue weighted by molar-refractivity contribution is 7.09. The van der Waals surface area contributed by atoms with Crippen LogP contribution in [0.1, 0.15) is 16.0 Å². The summed E-state index contributed by atoms with van der Waals surface area (Å²) < 4.78 is 5.72. The second-order valence-corrected chi connectivity index (χ2v) is 5.89. The van der Waals surface area contributed by atoms with Crippen LogP contribution in [0.2, 0.25) is 5.02 Å². The Labute approximate surface area is 123 Å². The van der Waals surface area contributed by atoms with Crippen molar-refractivity contribution in [2.24, 2.45) is 0 Å². The van der Waals surface area contributed by atoms with Crippen molar-refractivity contribution in [2.45, 2.75) is 20.4 Å². The highest BCUT2D eigenvalue weighted by Gasteiger charge is 2.03. The van der Waals surface area contributed by atoms with E-state index in [2.05, 4.69) is 22.8 Å². The van der Waals surface area contributed by atoms with E-state index in [-0.39, 0.29) is 0 Å². The number of halogens is 1. The van der Waals surface area contributed by atoms with Gasteiger partial charge in [-0.1, -0.05) is 17.7 Å². The van der Waals surface area contributed by atoms with Gasteiger partial charge in [0.15, 0.2) is 0 Å². The van der Waals surface area contributed by atoms with Crippen LogP contribution in [-0.2, 0) is 6.54 Å². The second-order valence-electron chi connectivity index (χ2n) is 4.48. The van der Waals surface area contributed by atoms with E-state index in [1.807, 2.05) is 26.0 Å². The smallest absolute Gasteiger partial charge is 0.119 e. The van der Waals surface area contributed by atoms with Gasteiger partial charge in [0, 0.05) is 23.0 Å². The third kappa shape index (κ3) is 4.23. The number of thiophene rings is 1. The highest BCUT2D eigenvalue weighted by Crippen LogP contribution is 2.25. The average molecular weight is 296 g/mol. The molecule has 2 rings (SSSR count). The van der Waals surface area contributed by atoms with Gasteiger partial charge in [-0.15, -0.1) is 11.3 Å². The minimum absolute atomic E-state index is 0.659. The summed E-state index contributed by atoms with van der Waals surface area (Å²) in [5.74, 6) is 0.886. The van der Waals surface area contributed by atoms with Gasteiger partial charge >= 0.3 is 0 Å². The molecule has 4 heteroatoms. The maximum Gasteiger partial charge on any atom is 0.119 e. The number of nitrogens with one attached hydrogen (secondary N) is 1. The Bertz CT molecular complexity index is 502. The number of hydrogen-bond acceptors (Lipinski definition) is 3. The van der Waals surface area contributed by atoms with E-state index in [1.165, 1.54) is 4.88 Å². The summed E-state index contributed by atoms with van der Waals surface area (Å²) in [6.07, 6.45) is 0. The standard InChI is InChI=1S/C15H18ClNOS/c1-11-8-13(9-12(2)15(11)16)18-6-5-17-10-14-4-3-7-19-14/h3-4,7-9,17H,5-6,10H2,1-2H3. The lowest BCUT2D eigenvalue weighted by molar-refractivity contribution is 0.313. The molecular formula is C15H18ClNOS. The summed E-state index contributed by atoms with van der Waals surface area (Å²) in [6, 6.07) is 8.16. The van der Waals surface area contributed by atoms with Crippen molar-refractivity contribution in [1.82, 2.24) is 5.32 Å². The summed E-state index contributed by atoms with van der Waals surface area (Å²) >= 11 is 7.89. The Kier molecular flexibility index (Phi) is 5.25. The van der Waals surface area contributed by atoms with E-state index < -0.39 is 0 Å². The first-order valence-electron chi connectivity index (χ1n) is 6.29. The zero-order valence-electron chi connectivity index (χ0n) is 11.2. The molecule has 0 bridgehead atoms. The van der Waals surface area contributed by atoms with Crippen LogP contribution in [0.15, 0.2) is 29.6 Å². The number of aryl methyl sites for hydroxylation is 2. The van der Waals surface area contributed by atoms with E-state index in [4.69, 9.17) is 16.3 Å². The fraction of sp³-hybridized carbons (Fsp3) is 0.333. The van der Waals surface area contributed by atoms with Gasteiger partial charge in [0.25, 0.3) is 0 Å². The fourth-order valence-corrected chi connectivity index (χ4v) is 2.64. The molecule has 0 amide bonds. The van der Waals surface area contributed by atoms with Crippen molar-refractivity contribution in [3.05, 3.63) is 50.7 Å². The quantitative estimate of drug-likeness (QED) is 0.807. The van der Waals surface area contributed by atoms with Crippen LogP contribution in [0.4, 0.5) is 0 Å². The van der Waals surface area contributed by atoms with Crippen LogP contribution in [0.5, 0.6) is 5.75 Å². The van der Waals surface area contributed by atoms with E-state index in [0.29, 0.717) is 6.61 Å². The maximum atomic E-state index is 6.12. The zero-order chi connectivity index (χ0) is 13.7. The SMILES string of the molecule is Cc1cc(OCCNCc2cccs2)cc(C)c1Cl. The van der Waals surface area contributed by atoms with Crippen LogP contribution in [-0.4, -0.2) is 13.2 Å². The molecule has 0 radical (unpaired) electrons. The first-order chi connectivity index (χ1) is 9.16. The molecular weight excluding hydrogens is 278 g/mol. The largest absolute Gasteiger partial charge is 0.492 e. The zero-order valence-corrected chi connectivity index (χ0v) is 12.8. The molecule has 0 saturated heterocycles. The first kappa shape index (κ1) is 14.4. The summed E-state index contributed by atoms with van der Waals surface area (Å²) in [5.41, 5.74) is 2.12. The highest BCUT2D eigenvalue weighted by atomic mass is 35.5. The fourth-order valence-electron chi connectivity index (χ4n) is 1.86. The topological polar surface area (TPSA) is 21.3 Å². The van der Waals surface area contributed by atoms with Crippen LogP contribution < -0.4 is 10.1 Å². The van der Waals surface area contributed by atoms with E-state index in [0.717, 1.165) is 35.0 Å². The van der Waals surface area contributed by atoms with Crippen LogP contribution >= 0.6 is 22.9 Å². The molecule has 0 spiro atoms. The van der Waals surface area contributed by atoms with Gasteiger partial charge in [-0.25, -0.2) is 0 Å². The van der Waals surface area contributed by atoms with E-state index in [9.17, 15) is 0 Å². The molecule has 0 aliphatic heterocycles. The van der Waals surface area contributed by atoms with Crippen LogP contribution in [0.3, 0.4) is 0 Å². The van der Waals surface area contributed by atoms with Crippen LogP contribution in [0.25, 0.3) is 0 Å². The van der Waals surface area contributed by atoms with E-state index in [1.54, 1.807) is 11.3 Å². The Balaban J connectivity index is 1.74. The molecule has 1 N–H and O–H groups in total. The molecule has 1 aromatic heterocycles. The normalized spacial score (nSPS) is 10.7. The van der Waals surface area contributed by atoms with Gasteiger partial charge < -0.3 is 10.1 Å². The minimum atomic E-state index is 0.659.